The van der Waals surface area contributed by atoms with Crippen molar-refractivity contribution in [3.63, 3.8) is 0 Å². The van der Waals surface area contributed by atoms with Gasteiger partial charge in [-0.1, -0.05) is 26.0 Å². The fraction of sp³-hybridized carbons (Fsp3) is 0.550. The number of likely N-dealkylation sites (tertiary alicyclic amines) is 1. The average molecular weight is 391 g/mol. The molecule has 1 spiro atoms. The van der Waals surface area contributed by atoms with Gasteiger partial charge in [-0.25, -0.2) is 9.18 Å². The summed E-state index contributed by atoms with van der Waals surface area (Å²) in [6.45, 7) is 4.97. The first kappa shape index (κ1) is 20.3. The lowest BCUT2D eigenvalue weighted by Crippen LogP contribution is -2.58. The van der Waals surface area contributed by atoms with E-state index in [2.05, 4.69) is 0 Å². The van der Waals surface area contributed by atoms with Crippen LogP contribution in [0.4, 0.5) is 9.18 Å². The summed E-state index contributed by atoms with van der Waals surface area (Å²) in [5, 5.41) is 10.3. The second kappa shape index (κ2) is 7.50. The Morgan fingerprint density at radius 3 is 2.29 bits per heavy atom. The van der Waals surface area contributed by atoms with Gasteiger partial charge in [-0.2, -0.15) is 0 Å². The van der Waals surface area contributed by atoms with Gasteiger partial charge in [0.2, 0.25) is 0 Å². The molecule has 0 saturated carbocycles. The summed E-state index contributed by atoms with van der Waals surface area (Å²) in [5.74, 6) is -0.950. The summed E-state index contributed by atoms with van der Waals surface area (Å²) in [6.07, 6.45) is -0.725. The number of aliphatic hydroxyl groups is 1. The predicted octanol–water partition coefficient (Wildman–Crippen LogP) is 1.77. The number of nitrogens with zero attached hydrogens (tertiary/aromatic N) is 3. The van der Waals surface area contributed by atoms with Crippen LogP contribution in [0.5, 0.6) is 0 Å². The molecule has 0 aromatic heterocycles. The third kappa shape index (κ3) is 3.37. The van der Waals surface area contributed by atoms with Crippen LogP contribution in [-0.2, 0) is 9.59 Å². The molecule has 1 unspecified atom stereocenters. The Balaban J connectivity index is 1.73. The van der Waals surface area contributed by atoms with Crippen LogP contribution in [0.1, 0.15) is 38.4 Å². The Bertz CT molecular complexity index is 772. The summed E-state index contributed by atoms with van der Waals surface area (Å²) in [7, 11) is 1.49. The Kier molecular flexibility index (Phi) is 5.43. The number of carbonyl (C=O) groups is 3. The first-order valence-electron chi connectivity index (χ1n) is 9.49. The van der Waals surface area contributed by atoms with Gasteiger partial charge in [-0.3, -0.25) is 14.5 Å². The molecule has 28 heavy (non-hydrogen) atoms. The molecule has 3 rings (SSSR count). The second-order valence-electron chi connectivity index (χ2n) is 7.96. The van der Waals surface area contributed by atoms with Crippen molar-refractivity contribution in [2.75, 3.05) is 26.7 Å². The first-order valence-corrected chi connectivity index (χ1v) is 9.49. The van der Waals surface area contributed by atoms with E-state index in [4.69, 9.17) is 0 Å². The van der Waals surface area contributed by atoms with Crippen molar-refractivity contribution in [2.24, 2.45) is 5.92 Å². The molecule has 4 amide bonds. The van der Waals surface area contributed by atoms with Gasteiger partial charge in [0.25, 0.3) is 11.8 Å². The molecule has 2 saturated heterocycles. The molecule has 2 aliphatic rings. The van der Waals surface area contributed by atoms with Crippen LogP contribution in [0.3, 0.4) is 0 Å². The van der Waals surface area contributed by atoms with E-state index in [1.165, 1.54) is 36.2 Å². The third-order valence-electron chi connectivity index (χ3n) is 5.61. The molecular weight excluding hydrogens is 365 g/mol. The predicted molar refractivity (Wildman–Crippen MR) is 99.6 cm³/mol. The van der Waals surface area contributed by atoms with Crippen LogP contribution in [0.15, 0.2) is 24.3 Å². The van der Waals surface area contributed by atoms with Crippen molar-refractivity contribution in [1.82, 2.24) is 14.7 Å². The molecule has 2 fully saturated rings. The fourth-order valence-corrected chi connectivity index (χ4v) is 4.04. The van der Waals surface area contributed by atoms with E-state index < -0.39 is 23.4 Å². The van der Waals surface area contributed by atoms with Crippen LogP contribution >= 0.6 is 0 Å². The molecule has 0 bridgehead atoms. The molecular formula is C20H26FN3O4. The average Bonchev–Trinajstić information content (AvgIpc) is 2.84. The Morgan fingerprint density at radius 1 is 1.18 bits per heavy atom. The molecule has 2 aliphatic heterocycles. The molecule has 1 aromatic rings. The van der Waals surface area contributed by atoms with Crippen LogP contribution in [0, 0.1) is 11.7 Å². The topological polar surface area (TPSA) is 81.2 Å². The molecule has 152 valence electrons. The lowest BCUT2D eigenvalue weighted by Gasteiger charge is -2.43. The van der Waals surface area contributed by atoms with Gasteiger partial charge in [-0.05, 0) is 36.5 Å². The number of urea groups is 1. The maximum absolute atomic E-state index is 13.1. The summed E-state index contributed by atoms with van der Waals surface area (Å²) in [4.78, 5) is 42.3. The molecule has 2 heterocycles. The summed E-state index contributed by atoms with van der Waals surface area (Å²) in [5.41, 5.74) is -0.603. The molecule has 0 radical (unpaired) electrons. The van der Waals surface area contributed by atoms with Crippen molar-refractivity contribution < 1.29 is 23.9 Å². The minimum atomic E-state index is -1.38. The number of likely N-dealkylation sites (N-methyl/N-ethyl adjacent to an activating group) is 1. The Labute approximate surface area is 163 Å². The molecule has 1 aromatic carbocycles. The lowest BCUT2D eigenvalue weighted by molar-refractivity contribution is -0.146. The SMILES string of the molecule is CC(C)CN1C(=O)N(C)C(=O)C12CCN(C(=O)C(O)c1ccc(F)cc1)CC2. The van der Waals surface area contributed by atoms with E-state index in [-0.39, 0.29) is 30.9 Å². The van der Waals surface area contributed by atoms with Crippen LogP contribution in [-0.4, -0.2) is 69.9 Å². The first-order chi connectivity index (χ1) is 13.2. The van der Waals surface area contributed by atoms with Gasteiger partial charge >= 0.3 is 6.03 Å². The van der Waals surface area contributed by atoms with Gasteiger partial charge in [0.15, 0.2) is 6.10 Å². The summed E-state index contributed by atoms with van der Waals surface area (Å²) >= 11 is 0. The molecule has 1 N–H and O–H groups in total. The Hall–Kier alpha value is -2.48. The van der Waals surface area contributed by atoms with E-state index in [0.29, 0.717) is 24.9 Å². The standard InChI is InChI=1S/C20H26FN3O4/c1-13(2)12-24-19(28)22(3)18(27)20(24)8-10-23(11-9-20)17(26)16(25)14-4-6-15(21)7-5-14/h4-7,13,16,25H,8-12H2,1-3H3. The minimum absolute atomic E-state index is 0.208. The molecule has 8 heteroatoms. The number of hydrogen-bond donors (Lipinski definition) is 1. The zero-order chi connectivity index (χ0) is 20.6. The smallest absolute Gasteiger partial charge is 0.327 e. The monoisotopic (exact) mass is 391 g/mol. The number of benzene rings is 1. The summed E-state index contributed by atoms with van der Waals surface area (Å²) in [6, 6.07) is 4.84. The van der Waals surface area contributed by atoms with E-state index >= 15 is 0 Å². The van der Waals surface area contributed by atoms with Gasteiger partial charge < -0.3 is 14.9 Å². The normalized spacial score (nSPS) is 20.4. The highest BCUT2D eigenvalue weighted by Gasteiger charge is 2.57. The van der Waals surface area contributed by atoms with Crippen molar-refractivity contribution in [3.8, 4) is 0 Å². The van der Waals surface area contributed by atoms with E-state index in [1.807, 2.05) is 13.8 Å². The summed E-state index contributed by atoms with van der Waals surface area (Å²) < 4.78 is 13.1. The number of rotatable bonds is 4. The van der Waals surface area contributed by atoms with Gasteiger partial charge in [-0.15, -0.1) is 0 Å². The number of imide groups is 1. The van der Waals surface area contributed by atoms with Crippen LogP contribution in [0.25, 0.3) is 0 Å². The van der Waals surface area contributed by atoms with Crippen LogP contribution in [0.2, 0.25) is 0 Å². The van der Waals surface area contributed by atoms with E-state index in [1.54, 1.807) is 4.90 Å². The fourth-order valence-electron chi connectivity index (χ4n) is 4.04. The van der Waals surface area contributed by atoms with Crippen molar-refractivity contribution in [1.29, 1.82) is 0 Å². The molecule has 1 atom stereocenters. The zero-order valence-corrected chi connectivity index (χ0v) is 16.4. The minimum Gasteiger partial charge on any atom is -0.378 e. The number of piperidine rings is 1. The van der Waals surface area contributed by atoms with Gasteiger partial charge in [0, 0.05) is 26.7 Å². The highest BCUT2D eigenvalue weighted by molar-refractivity contribution is 6.07. The highest BCUT2D eigenvalue weighted by atomic mass is 19.1. The largest absolute Gasteiger partial charge is 0.378 e. The van der Waals surface area contributed by atoms with Crippen LogP contribution < -0.4 is 0 Å². The second-order valence-corrected chi connectivity index (χ2v) is 7.96. The molecule has 7 nitrogen and oxygen atoms in total. The Morgan fingerprint density at radius 2 is 1.75 bits per heavy atom. The number of halogens is 1. The lowest BCUT2D eigenvalue weighted by atomic mass is 9.85. The number of aliphatic hydroxyl groups excluding tert-OH is 1. The number of amides is 4. The van der Waals surface area contributed by atoms with Crippen molar-refractivity contribution >= 4 is 17.8 Å². The van der Waals surface area contributed by atoms with Crippen molar-refractivity contribution in [2.45, 2.75) is 38.3 Å². The van der Waals surface area contributed by atoms with E-state index in [9.17, 15) is 23.9 Å². The zero-order valence-electron chi connectivity index (χ0n) is 16.4. The van der Waals surface area contributed by atoms with Gasteiger partial charge in [0.05, 0.1) is 0 Å². The number of hydrogen-bond acceptors (Lipinski definition) is 4. The van der Waals surface area contributed by atoms with Gasteiger partial charge in [0.1, 0.15) is 11.4 Å². The third-order valence-corrected chi connectivity index (χ3v) is 5.61. The number of carbonyl (C=O) groups excluding carboxylic acids is 3. The quantitative estimate of drug-likeness (QED) is 0.794. The maximum Gasteiger partial charge on any atom is 0.327 e. The van der Waals surface area contributed by atoms with Crippen molar-refractivity contribution in [3.05, 3.63) is 35.6 Å². The highest BCUT2D eigenvalue weighted by Crippen LogP contribution is 2.37. The van der Waals surface area contributed by atoms with E-state index in [0.717, 1.165) is 4.90 Å². The maximum atomic E-state index is 13.1. The molecule has 0 aliphatic carbocycles.